The van der Waals surface area contributed by atoms with E-state index in [2.05, 4.69) is 5.32 Å². The summed E-state index contributed by atoms with van der Waals surface area (Å²) >= 11 is 0. The second-order valence-electron chi connectivity index (χ2n) is 3.68. The number of carboxylic acids is 2. The Morgan fingerprint density at radius 3 is 2.24 bits per heavy atom. The highest BCUT2D eigenvalue weighted by Gasteiger charge is 2.20. The minimum atomic E-state index is -1.17. The number of anilines is 1. The van der Waals surface area contributed by atoms with E-state index in [0.29, 0.717) is 5.69 Å². The van der Waals surface area contributed by atoms with Crippen LogP contribution in [0.5, 0.6) is 0 Å². The molecule has 0 aliphatic heterocycles. The number of carbonyl (C=O) groups is 2. The van der Waals surface area contributed by atoms with Crippen molar-refractivity contribution in [3.8, 4) is 0 Å². The lowest BCUT2D eigenvalue weighted by Crippen LogP contribution is -2.31. The molecule has 0 heterocycles. The molecule has 1 unspecified atom stereocenters. The van der Waals surface area contributed by atoms with E-state index in [4.69, 9.17) is 10.2 Å². The summed E-state index contributed by atoms with van der Waals surface area (Å²) in [7, 11) is 0. The fourth-order valence-electron chi connectivity index (χ4n) is 1.41. The highest BCUT2D eigenvalue weighted by atomic mass is 16.4. The van der Waals surface area contributed by atoms with Crippen LogP contribution in [0.15, 0.2) is 24.3 Å². The number of carboxylic acid groups (broad SMARTS) is 2. The molecule has 1 atom stereocenters. The third-order valence-electron chi connectivity index (χ3n) is 2.38. The Bertz CT molecular complexity index is 399. The standard InChI is InChI=1S/C12H15NO4/c1-2-8-3-5-9(6-4-8)13-10(12(16)17)7-11(14)15/h3-6,10,13H,2,7H2,1H3,(H,14,15)(H,16,17). The van der Waals surface area contributed by atoms with Gasteiger partial charge in [-0.2, -0.15) is 0 Å². The molecule has 0 bridgehead atoms. The minimum absolute atomic E-state index is 0.454. The average Bonchev–Trinajstić information content (AvgIpc) is 2.28. The first-order chi connectivity index (χ1) is 8.02. The summed E-state index contributed by atoms with van der Waals surface area (Å²) in [5.41, 5.74) is 1.75. The van der Waals surface area contributed by atoms with Gasteiger partial charge in [-0.05, 0) is 24.1 Å². The van der Waals surface area contributed by atoms with Crippen LogP contribution in [0.4, 0.5) is 5.69 Å². The highest BCUT2D eigenvalue weighted by Crippen LogP contribution is 2.12. The summed E-state index contributed by atoms with van der Waals surface area (Å²) in [6, 6.07) is 6.14. The molecule has 17 heavy (non-hydrogen) atoms. The van der Waals surface area contributed by atoms with Gasteiger partial charge in [0, 0.05) is 5.69 Å². The largest absolute Gasteiger partial charge is 0.481 e. The van der Waals surface area contributed by atoms with E-state index in [-0.39, 0.29) is 0 Å². The molecule has 0 aromatic heterocycles. The second kappa shape index (κ2) is 5.89. The summed E-state index contributed by atoms with van der Waals surface area (Å²) < 4.78 is 0. The van der Waals surface area contributed by atoms with Gasteiger partial charge in [0.15, 0.2) is 0 Å². The van der Waals surface area contributed by atoms with Gasteiger partial charge in [-0.15, -0.1) is 0 Å². The number of nitrogens with one attached hydrogen (secondary N) is 1. The molecule has 5 nitrogen and oxygen atoms in total. The van der Waals surface area contributed by atoms with E-state index in [9.17, 15) is 9.59 Å². The number of benzene rings is 1. The average molecular weight is 237 g/mol. The smallest absolute Gasteiger partial charge is 0.326 e. The number of aliphatic carboxylic acids is 2. The maximum atomic E-state index is 10.8. The van der Waals surface area contributed by atoms with Gasteiger partial charge in [-0.1, -0.05) is 19.1 Å². The lowest BCUT2D eigenvalue weighted by atomic mass is 10.1. The third-order valence-corrected chi connectivity index (χ3v) is 2.38. The van der Waals surface area contributed by atoms with Gasteiger partial charge < -0.3 is 15.5 Å². The minimum Gasteiger partial charge on any atom is -0.481 e. The van der Waals surface area contributed by atoms with Crippen LogP contribution in [0.25, 0.3) is 0 Å². The van der Waals surface area contributed by atoms with Crippen LogP contribution in [0.3, 0.4) is 0 Å². The zero-order chi connectivity index (χ0) is 12.8. The van der Waals surface area contributed by atoms with Crippen molar-refractivity contribution in [2.75, 3.05) is 5.32 Å². The quantitative estimate of drug-likeness (QED) is 0.699. The first kappa shape index (κ1) is 13.0. The van der Waals surface area contributed by atoms with Crippen LogP contribution in [0.2, 0.25) is 0 Å². The van der Waals surface area contributed by atoms with Crippen molar-refractivity contribution in [3.05, 3.63) is 29.8 Å². The molecule has 0 radical (unpaired) electrons. The van der Waals surface area contributed by atoms with Crippen LogP contribution in [0, 0.1) is 0 Å². The monoisotopic (exact) mass is 237 g/mol. The van der Waals surface area contributed by atoms with Gasteiger partial charge in [0.05, 0.1) is 6.42 Å². The van der Waals surface area contributed by atoms with Crippen molar-refractivity contribution in [1.82, 2.24) is 0 Å². The molecule has 5 heteroatoms. The fourth-order valence-corrected chi connectivity index (χ4v) is 1.41. The lowest BCUT2D eigenvalue weighted by Gasteiger charge is -2.13. The molecule has 0 fully saturated rings. The van der Waals surface area contributed by atoms with Gasteiger partial charge in [0.25, 0.3) is 0 Å². The zero-order valence-electron chi connectivity index (χ0n) is 9.51. The molecule has 1 rings (SSSR count). The summed E-state index contributed by atoms with van der Waals surface area (Å²) in [5.74, 6) is -2.32. The number of hydrogen-bond acceptors (Lipinski definition) is 3. The normalized spacial score (nSPS) is 11.8. The summed E-state index contributed by atoms with van der Waals surface area (Å²) in [6.07, 6.45) is 0.447. The molecule has 0 saturated carbocycles. The Morgan fingerprint density at radius 1 is 1.24 bits per heavy atom. The second-order valence-corrected chi connectivity index (χ2v) is 3.68. The van der Waals surface area contributed by atoms with Crippen molar-refractivity contribution in [2.24, 2.45) is 0 Å². The van der Waals surface area contributed by atoms with E-state index in [0.717, 1.165) is 12.0 Å². The van der Waals surface area contributed by atoms with E-state index in [1.807, 2.05) is 19.1 Å². The van der Waals surface area contributed by atoms with Gasteiger partial charge in [0.1, 0.15) is 6.04 Å². The molecule has 0 amide bonds. The first-order valence-corrected chi connectivity index (χ1v) is 5.33. The van der Waals surface area contributed by atoms with E-state index in [1.54, 1.807) is 12.1 Å². The fraction of sp³-hybridized carbons (Fsp3) is 0.333. The zero-order valence-corrected chi connectivity index (χ0v) is 9.51. The molecule has 1 aromatic rings. The van der Waals surface area contributed by atoms with Gasteiger partial charge >= 0.3 is 11.9 Å². The van der Waals surface area contributed by atoms with Gasteiger partial charge in [0.2, 0.25) is 0 Å². The topological polar surface area (TPSA) is 86.6 Å². The Balaban J connectivity index is 2.71. The Labute approximate surface area is 99.1 Å². The van der Waals surface area contributed by atoms with E-state index >= 15 is 0 Å². The van der Waals surface area contributed by atoms with E-state index in [1.165, 1.54) is 0 Å². The first-order valence-electron chi connectivity index (χ1n) is 5.33. The molecule has 92 valence electrons. The predicted molar refractivity (Wildman–Crippen MR) is 63.1 cm³/mol. The van der Waals surface area contributed by atoms with Crippen LogP contribution in [0.1, 0.15) is 18.9 Å². The van der Waals surface area contributed by atoms with Crippen molar-refractivity contribution >= 4 is 17.6 Å². The molecule has 1 aromatic carbocycles. The van der Waals surface area contributed by atoms with Gasteiger partial charge in [-0.3, -0.25) is 4.79 Å². The maximum absolute atomic E-state index is 10.8. The maximum Gasteiger partial charge on any atom is 0.326 e. The Morgan fingerprint density at radius 2 is 1.82 bits per heavy atom. The van der Waals surface area contributed by atoms with Crippen molar-refractivity contribution < 1.29 is 19.8 Å². The molecule has 0 aliphatic rings. The van der Waals surface area contributed by atoms with Crippen molar-refractivity contribution in [2.45, 2.75) is 25.8 Å². The number of rotatable bonds is 6. The molecule has 0 saturated heterocycles. The summed E-state index contributed by atoms with van der Waals surface area (Å²) in [4.78, 5) is 21.3. The SMILES string of the molecule is CCc1ccc(NC(CC(=O)O)C(=O)O)cc1. The molecular formula is C12H15NO4. The van der Waals surface area contributed by atoms with E-state index < -0.39 is 24.4 Å². The molecular weight excluding hydrogens is 222 g/mol. The highest BCUT2D eigenvalue weighted by molar-refractivity contribution is 5.83. The third kappa shape index (κ3) is 4.14. The lowest BCUT2D eigenvalue weighted by molar-refractivity contribution is -0.144. The molecule has 0 spiro atoms. The van der Waals surface area contributed by atoms with Crippen LogP contribution in [-0.4, -0.2) is 28.2 Å². The molecule has 0 aliphatic carbocycles. The summed E-state index contributed by atoms with van der Waals surface area (Å²) in [6.45, 7) is 2.02. The Kier molecular flexibility index (Phi) is 4.51. The van der Waals surface area contributed by atoms with Crippen molar-refractivity contribution in [1.29, 1.82) is 0 Å². The predicted octanol–water partition coefficient (Wildman–Crippen LogP) is 1.59. The van der Waals surface area contributed by atoms with Crippen molar-refractivity contribution in [3.63, 3.8) is 0 Å². The number of hydrogen-bond donors (Lipinski definition) is 3. The molecule has 3 N–H and O–H groups in total. The van der Waals surface area contributed by atoms with Crippen LogP contribution in [-0.2, 0) is 16.0 Å². The van der Waals surface area contributed by atoms with Crippen LogP contribution >= 0.6 is 0 Å². The van der Waals surface area contributed by atoms with Crippen LogP contribution < -0.4 is 5.32 Å². The summed E-state index contributed by atoms with van der Waals surface area (Å²) in [5, 5.41) is 20.1. The Hall–Kier alpha value is -2.04. The number of aryl methyl sites for hydroxylation is 1. The van der Waals surface area contributed by atoms with Gasteiger partial charge in [-0.25, -0.2) is 4.79 Å².